The predicted molar refractivity (Wildman–Crippen MR) is 118 cm³/mol. The molecule has 1 heterocycles. The first kappa shape index (κ1) is 18.9. The van der Waals surface area contributed by atoms with Crippen LogP contribution in [0.3, 0.4) is 0 Å². The smallest absolute Gasteiger partial charge is 0.262 e. The van der Waals surface area contributed by atoms with Crippen LogP contribution in [0.25, 0.3) is 0 Å². The first-order chi connectivity index (χ1) is 14.1. The lowest BCUT2D eigenvalue weighted by Gasteiger charge is -2.25. The standard InChI is InChI=1S/C25H25N3O/c1-19-13-15-21(16-14-19)24-17-23(20-9-5-3-6-10-20)26-28(24)25(29)18-27(2)22-11-7-4-8-12-22/h3-16,24H,17-18H2,1-2H3/t24-/m1/s1. The van der Waals surface area contributed by atoms with E-state index in [2.05, 4.69) is 43.3 Å². The van der Waals surface area contributed by atoms with Gasteiger partial charge < -0.3 is 4.90 Å². The Kier molecular flexibility index (Phi) is 5.43. The highest BCUT2D eigenvalue weighted by Gasteiger charge is 2.33. The van der Waals surface area contributed by atoms with Crippen LogP contribution in [0.1, 0.15) is 29.2 Å². The number of benzene rings is 3. The number of nitrogens with zero attached hydrogens (tertiary/aromatic N) is 3. The van der Waals surface area contributed by atoms with E-state index in [0.717, 1.165) is 22.5 Å². The summed E-state index contributed by atoms with van der Waals surface area (Å²) < 4.78 is 0. The topological polar surface area (TPSA) is 35.9 Å². The van der Waals surface area contributed by atoms with E-state index < -0.39 is 0 Å². The number of aryl methyl sites for hydroxylation is 1. The molecule has 4 rings (SSSR count). The minimum atomic E-state index is -0.0810. The van der Waals surface area contributed by atoms with Crippen molar-refractivity contribution in [1.82, 2.24) is 5.01 Å². The zero-order valence-electron chi connectivity index (χ0n) is 16.8. The minimum absolute atomic E-state index is 0.00661. The van der Waals surface area contributed by atoms with Gasteiger partial charge >= 0.3 is 0 Å². The van der Waals surface area contributed by atoms with Crippen LogP contribution >= 0.6 is 0 Å². The van der Waals surface area contributed by atoms with Gasteiger partial charge in [0.2, 0.25) is 0 Å². The van der Waals surface area contributed by atoms with Crippen LogP contribution in [0.4, 0.5) is 5.69 Å². The van der Waals surface area contributed by atoms with Crippen molar-refractivity contribution in [3.05, 3.63) is 102 Å². The fourth-order valence-corrected chi connectivity index (χ4v) is 3.64. The Morgan fingerprint density at radius 3 is 2.24 bits per heavy atom. The van der Waals surface area contributed by atoms with E-state index in [1.165, 1.54) is 5.56 Å². The fraction of sp³-hybridized carbons (Fsp3) is 0.200. The molecular weight excluding hydrogens is 358 g/mol. The van der Waals surface area contributed by atoms with Crippen LogP contribution in [0.2, 0.25) is 0 Å². The molecule has 0 unspecified atom stereocenters. The quantitative estimate of drug-likeness (QED) is 0.634. The molecule has 146 valence electrons. The second-order valence-electron chi connectivity index (χ2n) is 7.47. The van der Waals surface area contributed by atoms with E-state index in [1.54, 1.807) is 5.01 Å². The number of hydrogen-bond donors (Lipinski definition) is 0. The summed E-state index contributed by atoms with van der Waals surface area (Å²) in [6.45, 7) is 2.35. The number of rotatable bonds is 5. The second kappa shape index (κ2) is 8.31. The molecular formula is C25H25N3O. The van der Waals surface area contributed by atoms with E-state index in [-0.39, 0.29) is 18.5 Å². The maximum absolute atomic E-state index is 13.2. The highest BCUT2D eigenvalue weighted by molar-refractivity contribution is 6.03. The van der Waals surface area contributed by atoms with Gasteiger partial charge in [-0.05, 0) is 30.2 Å². The van der Waals surface area contributed by atoms with Crippen molar-refractivity contribution in [2.24, 2.45) is 5.10 Å². The van der Waals surface area contributed by atoms with Gasteiger partial charge in [0.25, 0.3) is 5.91 Å². The van der Waals surface area contributed by atoms with Gasteiger partial charge in [0.05, 0.1) is 18.3 Å². The summed E-state index contributed by atoms with van der Waals surface area (Å²) in [5, 5.41) is 6.43. The summed E-state index contributed by atoms with van der Waals surface area (Å²) in [6, 6.07) is 28.4. The van der Waals surface area contributed by atoms with Crippen LogP contribution in [-0.4, -0.2) is 30.2 Å². The summed E-state index contributed by atoms with van der Waals surface area (Å²) >= 11 is 0. The van der Waals surface area contributed by atoms with Crippen LogP contribution in [-0.2, 0) is 4.79 Å². The Labute approximate surface area is 172 Å². The van der Waals surface area contributed by atoms with E-state index in [4.69, 9.17) is 5.10 Å². The average molecular weight is 383 g/mol. The lowest BCUT2D eigenvalue weighted by Crippen LogP contribution is -2.36. The highest BCUT2D eigenvalue weighted by atomic mass is 16.2. The third-order valence-electron chi connectivity index (χ3n) is 5.30. The molecule has 0 aliphatic carbocycles. The summed E-state index contributed by atoms with van der Waals surface area (Å²) in [4.78, 5) is 15.2. The minimum Gasteiger partial charge on any atom is -0.365 e. The van der Waals surface area contributed by atoms with Gasteiger partial charge in [0, 0.05) is 19.2 Å². The monoisotopic (exact) mass is 383 g/mol. The van der Waals surface area contributed by atoms with Gasteiger partial charge in [-0.3, -0.25) is 4.79 Å². The number of hydrazone groups is 1. The number of para-hydroxylation sites is 1. The Morgan fingerprint density at radius 1 is 0.966 bits per heavy atom. The van der Waals surface area contributed by atoms with E-state index >= 15 is 0 Å². The Bertz CT molecular complexity index is 997. The van der Waals surface area contributed by atoms with Crippen molar-refractivity contribution in [3.8, 4) is 0 Å². The van der Waals surface area contributed by atoms with Crippen LogP contribution in [0, 0.1) is 6.92 Å². The number of carbonyl (C=O) groups excluding carboxylic acids is 1. The molecule has 3 aromatic carbocycles. The molecule has 0 N–H and O–H groups in total. The van der Waals surface area contributed by atoms with Gasteiger partial charge in [-0.2, -0.15) is 5.10 Å². The van der Waals surface area contributed by atoms with Crippen LogP contribution in [0.5, 0.6) is 0 Å². The molecule has 3 aromatic rings. The summed E-state index contributed by atoms with van der Waals surface area (Å²) in [5.41, 5.74) is 5.35. The molecule has 0 radical (unpaired) electrons. The molecule has 1 amide bonds. The normalized spacial score (nSPS) is 15.9. The lowest BCUT2D eigenvalue weighted by atomic mass is 9.98. The highest BCUT2D eigenvalue weighted by Crippen LogP contribution is 2.33. The van der Waals surface area contributed by atoms with E-state index in [1.807, 2.05) is 60.5 Å². The van der Waals surface area contributed by atoms with Crippen molar-refractivity contribution in [1.29, 1.82) is 0 Å². The Hall–Kier alpha value is -3.40. The maximum atomic E-state index is 13.2. The predicted octanol–water partition coefficient (Wildman–Crippen LogP) is 4.81. The molecule has 4 nitrogen and oxygen atoms in total. The molecule has 1 atom stereocenters. The number of anilines is 1. The second-order valence-corrected chi connectivity index (χ2v) is 7.47. The number of amides is 1. The third-order valence-corrected chi connectivity index (χ3v) is 5.30. The lowest BCUT2D eigenvalue weighted by molar-refractivity contribution is -0.131. The molecule has 4 heteroatoms. The number of likely N-dealkylation sites (N-methyl/N-ethyl adjacent to an activating group) is 1. The average Bonchev–Trinajstić information content (AvgIpc) is 3.21. The first-order valence-corrected chi connectivity index (χ1v) is 9.89. The Balaban J connectivity index is 1.61. The third kappa shape index (κ3) is 4.21. The summed E-state index contributed by atoms with van der Waals surface area (Å²) in [7, 11) is 1.94. The summed E-state index contributed by atoms with van der Waals surface area (Å²) in [5.74, 6) is -0.00661. The van der Waals surface area contributed by atoms with Crippen molar-refractivity contribution < 1.29 is 4.79 Å². The zero-order chi connectivity index (χ0) is 20.2. The Morgan fingerprint density at radius 2 is 1.59 bits per heavy atom. The fourth-order valence-electron chi connectivity index (χ4n) is 3.64. The van der Waals surface area contributed by atoms with Crippen LogP contribution < -0.4 is 4.90 Å². The van der Waals surface area contributed by atoms with Gasteiger partial charge in [-0.25, -0.2) is 5.01 Å². The van der Waals surface area contributed by atoms with Crippen molar-refractivity contribution in [2.45, 2.75) is 19.4 Å². The molecule has 1 aliphatic heterocycles. The van der Waals surface area contributed by atoms with Gasteiger partial charge in [0.15, 0.2) is 0 Å². The molecule has 0 saturated heterocycles. The SMILES string of the molecule is Cc1ccc([C@H]2CC(c3ccccc3)=NN2C(=O)CN(C)c2ccccc2)cc1. The summed E-state index contributed by atoms with van der Waals surface area (Å²) in [6.07, 6.45) is 0.716. The van der Waals surface area contributed by atoms with Crippen molar-refractivity contribution >= 4 is 17.3 Å². The van der Waals surface area contributed by atoms with E-state index in [0.29, 0.717) is 6.42 Å². The van der Waals surface area contributed by atoms with Crippen molar-refractivity contribution in [3.63, 3.8) is 0 Å². The van der Waals surface area contributed by atoms with Gasteiger partial charge in [-0.1, -0.05) is 78.4 Å². The zero-order valence-corrected chi connectivity index (χ0v) is 16.8. The number of carbonyl (C=O) groups is 1. The molecule has 29 heavy (non-hydrogen) atoms. The molecule has 0 saturated carbocycles. The van der Waals surface area contributed by atoms with E-state index in [9.17, 15) is 4.79 Å². The molecule has 0 spiro atoms. The first-order valence-electron chi connectivity index (χ1n) is 9.89. The molecule has 0 fully saturated rings. The van der Waals surface area contributed by atoms with Gasteiger partial charge in [0.1, 0.15) is 0 Å². The number of hydrogen-bond acceptors (Lipinski definition) is 3. The molecule has 0 bridgehead atoms. The molecule has 0 aromatic heterocycles. The molecule has 1 aliphatic rings. The van der Waals surface area contributed by atoms with Crippen molar-refractivity contribution in [2.75, 3.05) is 18.5 Å². The van der Waals surface area contributed by atoms with Gasteiger partial charge in [-0.15, -0.1) is 0 Å². The van der Waals surface area contributed by atoms with Crippen LogP contribution in [0.15, 0.2) is 90.0 Å². The maximum Gasteiger partial charge on any atom is 0.262 e. The largest absolute Gasteiger partial charge is 0.365 e.